The molecule has 4 heteroatoms. The van der Waals surface area contributed by atoms with E-state index < -0.39 is 6.18 Å². The van der Waals surface area contributed by atoms with Gasteiger partial charge in [0.1, 0.15) is 0 Å². The Morgan fingerprint density at radius 2 is 1.82 bits per heavy atom. The zero-order valence-corrected chi connectivity index (χ0v) is 13.3. The highest BCUT2D eigenvalue weighted by Crippen LogP contribution is 2.30. The fourth-order valence-electron chi connectivity index (χ4n) is 2.97. The first kappa shape index (κ1) is 17.1. The van der Waals surface area contributed by atoms with E-state index in [1.54, 1.807) is 0 Å². The summed E-state index contributed by atoms with van der Waals surface area (Å²) in [6, 6.07) is 6.59. The lowest BCUT2D eigenvalue weighted by Gasteiger charge is -2.27. The zero-order valence-electron chi connectivity index (χ0n) is 13.3. The highest BCUT2D eigenvalue weighted by Gasteiger charge is 2.34. The van der Waals surface area contributed by atoms with Gasteiger partial charge in [-0.15, -0.1) is 0 Å². The molecular weight excluding hydrogens is 287 g/mol. The molecule has 0 aliphatic carbocycles. The van der Waals surface area contributed by atoms with Crippen molar-refractivity contribution in [3.63, 3.8) is 0 Å². The van der Waals surface area contributed by atoms with E-state index in [9.17, 15) is 13.2 Å². The molecule has 0 spiro atoms. The van der Waals surface area contributed by atoms with E-state index in [0.29, 0.717) is 13.1 Å². The Bertz CT molecular complexity index is 532. The summed E-state index contributed by atoms with van der Waals surface area (Å²) in [5.41, 5.74) is 3.68. The number of hydrogen-bond donors (Lipinski definition) is 0. The third-order valence-electron chi connectivity index (χ3n) is 4.41. The van der Waals surface area contributed by atoms with E-state index in [1.807, 2.05) is 0 Å². The largest absolute Gasteiger partial charge is 0.412 e. The summed E-state index contributed by atoms with van der Waals surface area (Å²) in [6.45, 7) is 6.04. The second-order valence-electron chi connectivity index (χ2n) is 5.84. The molecule has 1 aliphatic rings. The number of hydrogen-bond acceptors (Lipinski definition) is 1. The predicted molar refractivity (Wildman–Crippen MR) is 84.1 cm³/mol. The van der Waals surface area contributed by atoms with Gasteiger partial charge in [0.15, 0.2) is 0 Å². The molecule has 0 amide bonds. The number of alkyl halides is 3. The van der Waals surface area contributed by atoms with Gasteiger partial charge in [0.05, 0.1) is 0 Å². The van der Waals surface area contributed by atoms with Gasteiger partial charge in [-0.1, -0.05) is 38.1 Å². The van der Waals surface area contributed by atoms with Crippen molar-refractivity contribution in [2.75, 3.05) is 19.6 Å². The fraction of sp³-hybridized carbons (Fsp3) is 0.556. The molecule has 1 aliphatic heterocycles. The van der Waals surface area contributed by atoms with E-state index in [4.69, 9.17) is 0 Å². The summed E-state index contributed by atoms with van der Waals surface area (Å²) in [7, 11) is 0. The maximum Gasteiger partial charge on any atom is 0.412 e. The summed E-state index contributed by atoms with van der Waals surface area (Å²) < 4.78 is 37.8. The maximum absolute atomic E-state index is 12.6. The molecule has 2 rings (SSSR count). The molecule has 0 bridgehead atoms. The molecule has 0 unspecified atom stereocenters. The molecule has 0 saturated heterocycles. The van der Waals surface area contributed by atoms with Gasteiger partial charge in [0, 0.05) is 25.2 Å². The molecule has 0 radical (unpaired) electrons. The Morgan fingerprint density at radius 3 is 2.36 bits per heavy atom. The smallest absolute Gasteiger partial charge is 0.299 e. The van der Waals surface area contributed by atoms with Crippen LogP contribution in [-0.4, -0.2) is 30.7 Å². The third-order valence-corrected chi connectivity index (χ3v) is 4.41. The summed E-state index contributed by atoms with van der Waals surface area (Å²) >= 11 is 0. The molecule has 0 atom stereocenters. The van der Waals surface area contributed by atoms with E-state index in [0.717, 1.165) is 25.8 Å². The molecule has 1 nitrogen and oxygen atoms in total. The Labute approximate surface area is 130 Å². The van der Waals surface area contributed by atoms with Gasteiger partial charge in [-0.05, 0) is 42.4 Å². The van der Waals surface area contributed by atoms with Crippen LogP contribution in [0.5, 0.6) is 0 Å². The van der Waals surface area contributed by atoms with Crippen LogP contribution in [0.1, 0.15) is 37.0 Å². The minimum Gasteiger partial charge on any atom is -0.299 e. The minimum absolute atomic E-state index is 0.110. The molecule has 22 heavy (non-hydrogen) atoms. The summed E-state index contributed by atoms with van der Waals surface area (Å²) in [5, 5.41) is 0. The molecule has 1 aromatic rings. The zero-order chi connectivity index (χ0) is 16.2. The minimum atomic E-state index is -4.15. The van der Waals surface area contributed by atoms with Crippen molar-refractivity contribution < 1.29 is 13.2 Å². The van der Waals surface area contributed by atoms with Crippen LogP contribution in [0.2, 0.25) is 0 Å². The lowest BCUT2D eigenvalue weighted by molar-refractivity contribution is -0.0959. The maximum atomic E-state index is 12.6. The van der Waals surface area contributed by atoms with Crippen molar-refractivity contribution in [1.82, 2.24) is 4.90 Å². The van der Waals surface area contributed by atoms with Gasteiger partial charge in [-0.2, -0.15) is 13.2 Å². The standard InChI is InChI=1S/C18H24F3N/c1-3-15-6-5-14(13-16(15)4-2)7-10-22-11-8-17(9-12-22)18(19,20)21/h5-6,8,13H,3-4,7,9-12H2,1-2H3. The van der Waals surface area contributed by atoms with Crippen LogP contribution >= 0.6 is 0 Å². The van der Waals surface area contributed by atoms with Gasteiger partial charge in [0.25, 0.3) is 0 Å². The van der Waals surface area contributed by atoms with Crippen molar-refractivity contribution in [2.45, 2.75) is 45.7 Å². The molecule has 0 N–H and O–H groups in total. The van der Waals surface area contributed by atoms with Crippen LogP contribution in [0.25, 0.3) is 0 Å². The number of nitrogens with zero attached hydrogens (tertiary/aromatic N) is 1. The monoisotopic (exact) mass is 311 g/mol. The first-order chi connectivity index (χ1) is 10.4. The van der Waals surface area contributed by atoms with Gasteiger partial charge in [0.2, 0.25) is 0 Å². The number of benzene rings is 1. The normalized spacial score (nSPS) is 16.7. The lowest BCUT2D eigenvalue weighted by Crippen LogP contribution is -2.33. The molecule has 0 saturated carbocycles. The Kier molecular flexibility index (Phi) is 5.68. The van der Waals surface area contributed by atoms with Gasteiger partial charge in [-0.3, -0.25) is 4.90 Å². The van der Waals surface area contributed by atoms with Crippen LogP contribution < -0.4 is 0 Å². The summed E-state index contributed by atoms with van der Waals surface area (Å²) in [6.07, 6.45) is 0.253. The van der Waals surface area contributed by atoms with Crippen LogP contribution in [0, 0.1) is 0 Å². The van der Waals surface area contributed by atoms with E-state index in [2.05, 4.69) is 36.9 Å². The van der Waals surface area contributed by atoms with Crippen LogP contribution in [-0.2, 0) is 19.3 Å². The van der Waals surface area contributed by atoms with Crippen LogP contribution in [0.3, 0.4) is 0 Å². The van der Waals surface area contributed by atoms with Crippen LogP contribution in [0.15, 0.2) is 29.8 Å². The predicted octanol–water partition coefficient (Wildman–Crippen LogP) is 4.55. The van der Waals surface area contributed by atoms with Crippen molar-refractivity contribution in [1.29, 1.82) is 0 Å². The highest BCUT2D eigenvalue weighted by molar-refractivity contribution is 5.32. The number of rotatable bonds is 5. The van der Waals surface area contributed by atoms with Gasteiger partial charge >= 0.3 is 6.18 Å². The van der Waals surface area contributed by atoms with Gasteiger partial charge < -0.3 is 0 Å². The second kappa shape index (κ2) is 7.32. The third kappa shape index (κ3) is 4.35. The first-order valence-corrected chi connectivity index (χ1v) is 8.03. The fourth-order valence-corrected chi connectivity index (χ4v) is 2.97. The average molecular weight is 311 g/mol. The molecule has 0 fully saturated rings. The number of aryl methyl sites for hydroxylation is 2. The van der Waals surface area contributed by atoms with Crippen molar-refractivity contribution in [3.8, 4) is 0 Å². The van der Waals surface area contributed by atoms with Crippen molar-refractivity contribution >= 4 is 0 Å². The molecule has 122 valence electrons. The topological polar surface area (TPSA) is 3.24 Å². The second-order valence-corrected chi connectivity index (χ2v) is 5.84. The Morgan fingerprint density at radius 1 is 1.09 bits per heavy atom. The van der Waals surface area contributed by atoms with E-state index >= 15 is 0 Å². The molecule has 1 aromatic carbocycles. The number of halogens is 3. The summed E-state index contributed by atoms with van der Waals surface area (Å²) in [5.74, 6) is 0. The highest BCUT2D eigenvalue weighted by atomic mass is 19.4. The summed E-state index contributed by atoms with van der Waals surface area (Å²) in [4.78, 5) is 2.09. The van der Waals surface area contributed by atoms with E-state index in [1.165, 1.54) is 22.8 Å². The first-order valence-electron chi connectivity index (χ1n) is 8.03. The molecular formula is C18H24F3N. The quantitative estimate of drug-likeness (QED) is 0.721. The SMILES string of the molecule is CCc1ccc(CCN2CC=C(C(F)(F)F)CC2)cc1CC. The van der Waals surface area contributed by atoms with Crippen molar-refractivity contribution in [3.05, 3.63) is 46.5 Å². The van der Waals surface area contributed by atoms with Gasteiger partial charge in [-0.25, -0.2) is 0 Å². The average Bonchev–Trinajstić information content (AvgIpc) is 2.52. The molecule has 1 heterocycles. The Balaban J connectivity index is 1.91. The van der Waals surface area contributed by atoms with E-state index in [-0.39, 0.29) is 12.0 Å². The Hall–Kier alpha value is -1.29. The van der Waals surface area contributed by atoms with Crippen molar-refractivity contribution in [2.24, 2.45) is 0 Å². The van der Waals surface area contributed by atoms with Crippen LogP contribution in [0.4, 0.5) is 13.2 Å². The molecule has 0 aromatic heterocycles. The lowest BCUT2D eigenvalue weighted by atomic mass is 9.98.